The number of H-pyrrole nitrogens is 1. The van der Waals surface area contributed by atoms with Crippen molar-refractivity contribution >= 4 is 17.0 Å². The van der Waals surface area contributed by atoms with Gasteiger partial charge in [0.05, 0.1) is 17.6 Å². The number of nitrogens with zero attached hydrogens (tertiary/aromatic N) is 1. The second-order valence-corrected chi connectivity index (χ2v) is 6.78. The number of aromatic amines is 1. The Balaban J connectivity index is 1.61. The van der Waals surface area contributed by atoms with Crippen molar-refractivity contribution < 1.29 is 9.90 Å². The summed E-state index contributed by atoms with van der Waals surface area (Å²) in [6, 6.07) is 22.5. The van der Waals surface area contributed by atoms with E-state index in [9.17, 15) is 4.79 Å². The summed E-state index contributed by atoms with van der Waals surface area (Å²) in [5.41, 5.74) is 7.54. The normalized spacial score (nSPS) is 11.0. The average Bonchev–Trinajstić information content (AvgIpc) is 3.14. The highest BCUT2D eigenvalue weighted by Crippen LogP contribution is 2.30. The molecule has 0 saturated carbocycles. The monoisotopic (exact) mass is 371 g/mol. The Morgan fingerprint density at radius 2 is 1.75 bits per heavy atom. The first-order chi connectivity index (χ1) is 13.6. The van der Waals surface area contributed by atoms with E-state index in [4.69, 9.17) is 10.1 Å². The van der Waals surface area contributed by atoms with Crippen molar-refractivity contribution in [1.29, 1.82) is 0 Å². The number of hydrogen-bond acceptors (Lipinski definition) is 3. The molecule has 0 saturated heterocycles. The molecule has 0 aliphatic carbocycles. The zero-order valence-electron chi connectivity index (χ0n) is 15.6. The average molecular weight is 371 g/mol. The molecule has 0 aliphatic heterocycles. The van der Waals surface area contributed by atoms with Gasteiger partial charge in [0.2, 0.25) is 0 Å². The quantitative estimate of drug-likeness (QED) is 0.470. The molecule has 3 aromatic carbocycles. The molecule has 5 heteroatoms. The lowest BCUT2D eigenvalue weighted by Crippen LogP contribution is -2.21. The molecule has 3 N–H and O–H groups in total. The van der Waals surface area contributed by atoms with Gasteiger partial charge in [-0.05, 0) is 35.2 Å². The smallest absolute Gasteiger partial charge is 0.317 e. The molecule has 1 heterocycles. The molecule has 0 fully saturated rings. The Hall–Kier alpha value is -3.44. The summed E-state index contributed by atoms with van der Waals surface area (Å²) in [4.78, 5) is 18.8. The molecule has 140 valence electrons. The van der Waals surface area contributed by atoms with Gasteiger partial charge in [0, 0.05) is 12.1 Å². The van der Waals surface area contributed by atoms with Crippen LogP contribution in [0.25, 0.3) is 33.5 Å². The van der Waals surface area contributed by atoms with Crippen molar-refractivity contribution in [3.8, 4) is 22.5 Å². The molecular formula is C23H21N3O2. The lowest BCUT2D eigenvalue weighted by atomic mass is 9.99. The first-order valence-corrected chi connectivity index (χ1v) is 9.18. The zero-order valence-corrected chi connectivity index (χ0v) is 15.6. The van der Waals surface area contributed by atoms with Crippen molar-refractivity contribution in [1.82, 2.24) is 15.3 Å². The molecule has 0 unspecified atom stereocenters. The number of rotatable bonds is 6. The van der Waals surface area contributed by atoms with E-state index in [1.807, 2.05) is 42.5 Å². The van der Waals surface area contributed by atoms with Crippen LogP contribution in [0, 0.1) is 6.92 Å². The molecule has 5 nitrogen and oxygen atoms in total. The van der Waals surface area contributed by atoms with Gasteiger partial charge in [0.25, 0.3) is 0 Å². The molecule has 0 radical (unpaired) electrons. The van der Waals surface area contributed by atoms with E-state index in [0.29, 0.717) is 6.54 Å². The third-order valence-corrected chi connectivity index (χ3v) is 4.83. The molecule has 0 bridgehead atoms. The molecule has 4 rings (SSSR count). The van der Waals surface area contributed by atoms with Crippen LogP contribution in [0.2, 0.25) is 0 Å². The summed E-state index contributed by atoms with van der Waals surface area (Å²) in [7, 11) is 0. The number of aryl methyl sites for hydroxylation is 1. The van der Waals surface area contributed by atoms with E-state index in [1.54, 1.807) is 0 Å². The number of carboxylic acid groups (broad SMARTS) is 1. The minimum Gasteiger partial charge on any atom is -0.480 e. The van der Waals surface area contributed by atoms with Crippen LogP contribution in [-0.2, 0) is 11.3 Å². The molecule has 0 amide bonds. The van der Waals surface area contributed by atoms with Gasteiger partial charge in [-0.2, -0.15) is 0 Å². The van der Waals surface area contributed by atoms with Gasteiger partial charge in [-0.1, -0.05) is 60.7 Å². The highest BCUT2D eigenvalue weighted by atomic mass is 16.4. The standard InChI is InChI=1S/C23H21N3O2/c1-15-19(17-5-3-2-4-6-17)11-12-20-22(15)26-23(25-20)18-9-7-16(8-10-18)13-24-14-21(27)28/h2-12,24H,13-14H2,1H3,(H,25,26)(H,27,28). The largest absolute Gasteiger partial charge is 0.480 e. The molecule has 4 aromatic rings. The van der Waals surface area contributed by atoms with Crippen LogP contribution in [0.4, 0.5) is 0 Å². The number of carboxylic acids is 1. The zero-order chi connectivity index (χ0) is 19.5. The summed E-state index contributed by atoms with van der Waals surface area (Å²) in [5.74, 6) is -0.0301. The lowest BCUT2D eigenvalue weighted by molar-refractivity contribution is -0.135. The lowest BCUT2D eigenvalue weighted by Gasteiger charge is -2.06. The first-order valence-electron chi connectivity index (χ1n) is 9.18. The van der Waals surface area contributed by atoms with Crippen LogP contribution in [-0.4, -0.2) is 27.6 Å². The minimum absolute atomic E-state index is 0.0473. The van der Waals surface area contributed by atoms with Gasteiger partial charge in [0.1, 0.15) is 5.82 Å². The topological polar surface area (TPSA) is 78.0 Å². The molecule has 0 spiro atoms. The van der Waals surface area contributed by atoms with Gasteiger partial charge in [-0.25, -0.2) is 4.98 Å². The minimum atomic E-state index is -0.857. The van der Waals surface area contributed by atoms with E-state index in [1.165, 1.54) is 11.1 Å². The summed E-state index contributed by atoms with van der Waals surface area (Å²) >= 11 is 0. The van der Waals surface area contributed by atoms with Crippen LogP contribution in [0.3, 0.4) is 0 Å². The first kappa shape index (κ1) is 17.9. The predicted molar refractivity (Wildman–Crippen MR) is 111 cm³/mol. The third kappa shape index (κ3) is 3.66. The fourth-order valence-corrected chi connectivity index (χ4v) is 3.37. The van der Waals surface area contributed by atoms with Crippen molar-refractivity contribution in [3.05, 3.63) is 77.9 Å². The maximum absolute atomic E-state index is 10.6. The Morgan fingerprint density at radius 1 is 1.00 bits per heavy atom. The van der Waals surface area contributed by atoms with Gasteiger partial charge < -0.3 is 15.4 Å². The van der Waals surface area contributed by atoms with Gasteiger partial charge in [0.15, 0.2) is 0 Å². The molecule has 28 heavy (non-hydrogen) atoms. The van der Waals surface area contributed by atoms with E-state index in [2.05, 4.69) is 41.5 Å². The van der Waals surface area contributed by atoms with E-state index >= 15 is 0 Å². The highest BCUT2D eigenvalue weighted by Gasteiger charge is 2.11. The number of benzene rings is 3. The fourth-order valence-electron chi connectivity index (χ4n) is 3.37. The van der Waals surface area contributed by atoms with Crippen LogP contribution in [0.5, 0.6) is 0 Å². The number of hydrogen-bond donors (Lipinski definition) is 3. The molecular weight excluding hydrogens is 350 g/mol. The Bertz CT molecular complexity index is 1120. The second-order valence-electron chi connectivity index (χ2n) is 6.78. The Kier molecular flexibility index (Phi) is 4.91. The predicted octanol–water partition coefficient (Wildman–Crippen LogP) is 4.38. The van der Waals surface area contributed by atoms with Crippen LogP contribution in [0.15, 0.2) is 66.7 Å². The second kappa shape index (κ2) is 7.66. The molecule has 0 atom stereocenters. The van der Waals surface area contributed by atoms with E-state index in [0.717, 1.165) is 33.5 Å². The summed E-state index contributed by atoms with van der Waals surface area (Å²) in [5, 5.41) is 11.6. The number of carbonyl (C=O) groups is 1. The molecule has 1 aromatic heterocycles. The van der Waals surface area contributed by atoms with Gasteiger partial charge >= 0.3 is 5.97 Å². The van der Waals surface area contributed by atoms with Gasteiger partial charge in [-0.3, -0.25) is 4.79 Å². The van der Waals surface area contributed by atoms with E-state index in [-0.39, 0.29) is 6.54 Å². The van der Waals surface area contributed by atoms with Crippen molar-refractivity contribution in [3.63, 3.8) is 0 Å². The number of aliphatic carboxylic acids is 1. The van der Waals surface area contributed by atoms with Crippen LogP contribution < -0.4 is 5.32 Å². The van der Waals surface area contributed by atoms with Crippen LogP contribution in [0.1, 0.15) is 11.1 Å². The van der Waals surface area contributed by atoms with E-state index < -0.39 is 5.97 Å². The highest BCUT2D eigenvalue weighted by molar-refractivity contribution is 5.88. The Morgan fingerprint density at radius 3 is 2.46 bits per heavy atom. The number of imidazole rings is 1. The summed E-state index contributed by atoms with van der Waals surface area (Å²) in [6.45, 7) is 2.58. The van der Waals surface area contributed by atoms with Crippen molar-refractivity contribution in [2.45, 2.75) is 13.5 Å². The van der Waals surface area contributed by atoms with Crippen LogP contribution >= 0.6 is 0 Å². The van der Waals surface area contributed by atoms with Crippen molar-refractivity contribution in [2.24, 2.45) is 0 Å². The molecule has 0 aliphatic rings. The third-order valence-electron chi connectivity index (χ3n) is 4.83. The summed E-state index contributed by atoms with van der Waals surface area (Å²) < 4.78 is 0. The Labute approximate surface area is 163 Å². The fraction of sp³-hybridized carbons (Fsp3) is 0.130. The SMILES string of the molecule is Cc1c(-c2ccccc2)ccc2[nH]c(-c3ccc(CNCC(=O)O)cc3)nc12. The van der Waals surface area contributed by atoms with Crippen molar-refractivity contribution in [2.75, 3.05) is 6.54 Å². The number of nitrogens with one attached hydrogen (secondary N) is 2. The number of fused-ring (bicyclic) bond motifs is 1. The maximum atomic E-state index is 10.6. The number of aromatic nitrogens is 2. The maximum Gasteiger partial charge on any atom is 0.317 e. The van der Waals surface area contributed by atoms with Gasteiger partial charge in [-0.15, -0.1) is 0 Å². The summed E-state index contributed by atoms with van der Waals surface area (Å²) in [6.07, 6.45) is 0.